The Morgan fingerprint density at radius 3 is 2.74 bits per heavy atom. The second kappa shape index (κ2) is 5.40. The lowest BCUT2D eigenvalue weighted by molar-refractivity contribution is 0.102. The number of halogens is 2. The third-order valence-electron chi connectivity index (χ3n) is 2.69. The highest BCUT2D eigenvalue weighted by Gasteiger charge is 2.12. The van der Waals surface area contributed by atoms with Crippen molar-refractivity contribution in [3.05, 3.63) is 57.8 Å². The third kappa shape index (κ3) is 2.93. The maximum atomic E-state index is 13.1. The molecule has 0 aliphatic carbocycles. The summed E-state index contributed by atoms with van der Waals surface area (Å²) in [7, 11) is 0. The molecule has 98 valence electrons. The van der Waals surface area contributed by atoms with Crippen molar-refractivity contribution in [3.8, 4) is 0 Å². The summed E-state index contributed by atoms with van der Waals surface area (Å²) in [6, 6.07) is 9.47. The van der Waals surface area contributed by atoms with Crippen molar-refractivity contribution in [3.63, 3.8) is 0 Å². The molecule has 0 radical (unpaired) electrons. The van der Waals surface area contributed by atoms with Gasteiger partial charge in [0.2, 0.25) is 0 Å². The van der Waals surface area contributed by atoms with Crippen molar-refractivity contribution in [2.45, 2.75) is 6.92 Å². The summed E-state index contributed by atoms with van der Waals surface area (Å²) in [6.07, 6.45) is 0. The van der Waals surface area contributed by atoms with Gasteiger partial charge in [-0.2, -0.15) is 0 Å². The van der Waals surface area contributed by atoms with E-state index in [0.29, 0.717) is 27.0 Å². The van der Waals surface area contributed by atoms with Crippen molar-refractivity contribution in [1.82, 2.24) is 0 Å². The SMILES string of the molecule is Cc1cc(NC(=O)c2cccc(N)c2Br)ccc1F. The van der Waals surface area contributed by atoms with Gasteiger partial charge in [-0.15, -0.1) is 0 Å². The summed E-state index contributed by atoms with van der Waals surface area (Å²) in [5.74, 6) is -0.603. The molecule has 0 saturated heterocycles. The van der Waals surface area contributed by atoms with Gasteiger partial charge in [-0.1, -0.05) is 6.07 Å². The normalized spacial score (nSPS) is 10.3. The van der Waals surface area contributed by atoms with Crippen molar-refractivity contribution < 1.29 is 9.18 Å². The zero-order valence-corrected chi connectivity index (χ0v) is 11.8. The molecular weight excluding hydrogens is 311 g/mol. The van der Waals surface area contributed by atoms with Gasteiger partial charge >= 0.3 is 0 Å². The Balaban J connectivity index is 2.26. The number of nitrogens with one attached hydrogen (secondary N) is 1. The van der Waals surface area contributed by atoms with Gasteiger partial charge in [-0.25, -0.2) is 4.39 Å². The highest BCUT2D eigenvalue weighted by atomic mass is 79.9. The molecule has 0 heterocycles. The first-order valence-electron chi connectivity index (χ1n) is 5.60. The van der Waals surface area contributed by atoms with Gasteiger partial charge in [0.25, 0.3) is 5.91 Å². The smallest absolute Gasteiger partial charge is 0.256 e. The number of hydrogen-bond acceptors (Lipinski definition) is 2. The molecule has 5 heteroatoms. The van der Waals surface area contributed by atoms with Gasteiger partial charge in [-0.3, -0.25) is 4.79 Å². The van der Waals surface area contributed by atoms with E-state index in [4.69, 9.17) is 5.73 Å². The van der Waals surface area contributed by atoms with Crippen LogP contribution in [0.5, 0.6) is 0 Å². The second-order valence-corrected chi connectivity index (χ2v) is 4.92. The van der Waals surface area contributed by atoms with Crippen molar-refractivity contribution in [1.29, 1.82) is 0 Å². The minimum atomic E-state index is -0.303. The lowest BCUT2D eigenvalue weighted by Gasteiger charge is -2.09. The molecule has 0 spiro atoms. The standard InChI is InChI=1S/C14H12BrFN2O/c1-8-7-9(5-6-11(8)16)18-14(19)10-3-2-4-12(17)13(10)15/h2-7H,17H2,1H3,(H,18,19). The van der Waals surface area contributed by atoms with Crippen molar-refractivity contribution in [2.75, 3.05) is 11.1 Å². The first-order valence-corrected chi connectivity index (χ1v) is 6.40. The van der Waals surface area contributed by atoms with Gasteiger partial charge in [0.15, 0.2) is 0 Å². The third-order valence-corrected chi connectivity index (χ3v) is 3.57. The number of carbonyl (C=O) groups excluding carboxylic acids is 1. The first kappa shape index (κ1) is 13.5. The van der Waals surface area contributed by atoms with Crippen LogP contribution in [0.3, 0.4) is 0 Å². The molecule has 2 rings (SSSR count). The van der Waals surface area contributed by atoms with Crippen molar-refractivity contribution in [2.24, 2.45) is 0 Å². The fourth-order valence-electron chi connectivity index (χ4n) is 1.65. The summed E-state index contributed by atoms with van der Waals surface area (Å²) < 4.78 is 13.7. The molecule has 2 aromatic rings. The summed E-state index contributed by atoms with van der Waals surface area (Å²) >= 11 is 3.27. The zero-order chi connectivity index (χ0) is 14.0. The molecule has 0 saturated carbocycles. The van der Waals surface area contributed by atoms with E-state index in [2.05, 4.69) is 21.2 Å². The van der Waals surface area contributed by atoms with Gasteiger partial charge < -0.3 is 11.1 Å². The van der Waals surface area contributed by atoms with E-state index in [-0.39, 0.29) is 11.7 Å². The number of anilines is 2. The van der Waals surface area contributed by atoms with E-state index in [1.54, 1.807) is 31.2 Å². The number of rotatable bonds is 2. The highest BCUT2D eigenvalue weighted by Crippen LogP contribution is 2.24. The molecule has 0 unspecified atom stereocenters. The van der Waals surface area contributed by atoms with Crippen LogP contribution in [0.15, 0.2) is 40.9 Å². The van der Waals surface area contributed by atoms with E-state index >= 15 is 0 Å². The molecule has 2 aromatic carbocycles. The molecule has 19 heavy (non-hydrogen) atoms. The molecular formula is C14H12BrFN2O. The highest BCUT2D eigenvalue weighted by molar-refractivity contribution is 9.10. The summed E-state index contributed by atoms with van der Waals surface area (Å²) in [5, 5.41) is 2.70. The van der Waals surface area contributed by atoms with Crippen LogP contribution < -0.4 is 11.1 Å². The Kier molecular flexibility index (Phi) is 3.85. The number of nitrogens with two attached hydrogens (primary N) is 1. The molecule has 0 aliphatic heterocycles. The van der Waals surface area contributed by atoms with Crippen LogP contribution in [-0.4, -0.2) is 5.91 Å². The lowest BCUT2D eigenvalue weighted by Crippen LogP contribution is -2.13. The Hall–Kier alpha value is -1.88. The van der Waals surface area contributed by atoms with E-state index < -0.39 is 0 Å². The molecule has 0 aliphatic rings. The van der Waals surface area contributed by atoms with Crippen LogP contribution in [0, 0.1) is 12.7 Å². The minimum Gasteiger partial charge on any atom is -0.398 e. The molecule has 0 bridgehead atoms. The maximum Gasteiger partial charge on any atom is 0.256 e. The number of amides is 1. The van der Waals surface area contributed by atoms with Crippen LogP contribution in [0.4, 0.5) is 15.8 Å². The average Bonchev–Trinajstić information content (AvgIpc) is 2.37. The Bertz CT molecular complexity index is 643. The first-order chi connectivity index (χ1) is 8.99. The molecule has 3 N–H and O–H groups in total. The van der Waals surface area contributed by atoms with Crippen LogP contribution in [-0.2, 0) is 0 Å². The number of hydrogen-bond donors (Lipinski definition) is 2. The van der Waals surface area contributed by atoms with E-state index in [9.17, 15) is 9.18 Å². The number of benzene rings is 2. The van der Waals surface area contributed by atoms with Crippen LogP contribution in [0.25, 0.3) is 0 Å². The monoisotopic (exact) mass is 322 g/mol. The lowest BCUT2D eigenvalue weighted by atomic mass is 10.1. The van der Waals surface area contributed by atoms with Crippen LogP contribution in [0.2, 0.25) is 0 Å². The van der Waals surface area contributed by atoms with Crippen LogP contribution in [0.1, 0.15) is 15.9 Å². The Morgan fingerprint density at radius 1 is 1.32 bits per heavy atom. The second-order valence-electron chi connectivity index (χ2n) is 4.13. The largest absolute Gasteiger partial charge is 0.398 e. The Morgan fingerprint density at radius 2 is 2.05 bits per heavy atom. The van der Waals surface area contributed by atoms with E-state index in [0.717, 1.165) is 0 Å². The molecule has 0 atom stereocenters. The zero-order valence-electron chi connectivity index (χ0n) is 10.2. The number of carbonyl (C=O) groups is 1. The Labute approximate surface area is 118 Å². The van der Waals surface area contributed by atoms with E-state index in [1.165, 1.54) is 12.1 Å². The average molecular weight is 323 g/mol. The molecule has 1 amide bonds. The van der Waals surface area contributed by atoms with Crippen molar-refractivity contribution >= 4 is 33.2 Å². The number of nitrogen functional groups attached to an aromatic ring is 1. The summed E-state index contributed by atoms with van der Waals surface area (Å²) in [4.78, 5) is 12.1. The molecule has 0 fully saturated rings. The summed E-state index contributed by atoms with van der Waals surface area (Å²) in [5.41, 5.74) is 7.66. The van der Waals surface area contributed by atoms with Gasteiger partial charge in [0.05, 0.1) is 10.0 Å². The van der Waals surface area contributed by atoms with Gasteiger partial charge in [0.1, 0.15) is 5.82 Å². The quantitative estimate of drug-likeness (QED) is 0.828. The molecule has 0 aromatic heterocycles. The van der Waals surface area contributed by atoms with Gasteiger partial charge in [-0.05, 0) is 58.7 Å². The van der Waals surface area contributed by atoms with Crippen LogP contribution >= 0.6 is 15.9 Å². The van der Waals surface area contributed by atoms with E-state index in [1.807, 2.05) is 0 Å². The maximum absolute atomic E-state index is 13.1. The summed E-state index contributed by atoms with van der Waals surface area (Å²) in [6.45, 7) is 1.64. The number of aryl methyl sites for hydroxylation is 1. The topological polar surface area (TPSA) is 55.1 Å². The predicted molar refractivity (Wildman–Crippen MR) is 77.6 cm³/mol. The fourth-order valence-corrected chi connectivity index (χ4v) is 2.09. The fraction of sp³-hybridized carbons (Fsp3) is 0.0714. The van der Waals surface area contributed by atoms with Gasteiger partial charge in [0, 0.05) is 11.4 Å². The predicted octanol–water partition coefficient (Wildman–Crippen LogP) is 3.73. The molecule has 3 nitrogen and oxygen atoms in total. The minimum absolute atomic E-state index is 0.301.